The van der Waals surface area contributed by atoms with E-state index >= 15 is 0 Å². The summed E-state index contributed by atoms with van der Waals surface area (Å²) in [6.07, 6.45) is 10.9. The molecule has 0 saturated heterocycles. The van der Waals surface area contributed by atoms with Gasteiger partial charge in [0.05, 0.1) is 14.5 Å². The largest absolute Gasteiger partial charge is 0.466 e. The number of carbonyl (C=O) groups excluding carboxylic acids is 2. The van der Waals surface area contributed by atoms with Crippen LogP contribution in [0.3, 0.4) is 0 Å². The lowest BCUT2D eigenvalue weighted by Gasteiger charge is -2.61. The molecule has 0 aliphatic heterocycles. The third-order valence-corrected chi connectivity index (χ3v) is 10.5. The molecule has 4 aliphatic rings. The molecule has 0 spiro atoms. The molecule has 4 saturated carbocycles. The zero-order chi connectivity index (χ0) is 21.7. The maximum Gasteiger partial charge on any atom is 0.305 e. The molecule has 4 rings (SSSR count). The van der Waals surface area contributed by atoms with Crippen molar-refractivity contribution < 1.29 is 14.3 Å². The van der Waals surface area contributed by atoms with Crippen LogP contribution in [0.4, 0.5) is 0 Å². The number of hydrogen-bond acceptors (Lipinski definition) is 3. The number of rotatable bonds is 5. The minimum absolute atomic E-state index is 0.0396. The maximum atomic E-state index is 12.3. The Labute approximate surface area is 184 Å². The van der Waals surface area contributed by atoms with Gasteiger partial charge in [-0.05, 0) is 110 Å². The van der Waals surface area contributed by atoms with Gasteiger partial charge in [-0.1, -0.05) is 20.8 Å². The van der Waals surface area contributed by atoms with E-state index in [2.05, 4.69) is 20.8 Å². The van der Waals surface area contributed by atoms with Crippen LogP contribution >= 0.6 is 0 Å². The Balaban J connectivity index is 1.47. The minimum atomic E-state index is -0.225. The molecule has 4 aliphatic carbocycles. The van der Waals surface area contributed by atoms with Gasteiger partial charge in [0.15, 0.2) is 0 Å². The Morgan fingerprint density at radius 2 is 1.77 bits per heavy atom. The van der Waals surface area contributed by atoms with Crippen molar-refractivity contribution >= 4 is 19.6 Å². The van der Waals surface area contributed by atoms with Gasteiger partial charge in [0.2, 0.25) is 0 Å². The second kappa shape index (κ2) is 8.28. The van der Waals surface area contributed by atoms with Crippen molar-refractivity contribution in [2.45, 2.75) is 97.7 Å². The van der Waals surface area contributed by atoms with Gasteiger partial charge in [0, 0.05) is 12.8 Å². The van der Waals surface area contributed by atoms with Crippen molar-refractivity contribution in [3.8, 4) is 0 Å². The Hall–Kier alpha value is -0.795. The minimum Gasteiger partial charge on any atom is -0.466 e. The summed E-state index contributed by atoms with van der Waals surface area (Å²) in [4.78, 5) is 24.2. The first-order chi connectivity index (χ1) is 14.2. The summed E-state index contributed by atoms with van der Waals surface area (Å²) >= 11 is 0. The Morgan fingerprint density at radius 3 is 2.50 bits per heavy atom. The molecule has 0 amide bonds. The quantitative estimate of drug-likeness (QED) is 0.426. The van der Waals surface area contributed by atoms with Gasteiger partial charge in [0.25, 0.3) is 0 Å². The van der Waals surface area contributed by atoms with Crippen LogP contribution in [0.15, 0.2) is 0 Å². The third-order valence-electron chi connectivity index (χ3n) is 10.5. The van der Waals surface area contributed by atoms with Gasteiger partial charge >= 0.3 is 5.97 Å². The highest BCUT2D eigenvalue weighted by Gasteiger charge is 2.61. The van der Waals surface area contributed by atoms with Gasteiger partial charge in [-0.3, -0.25) is 4.79 Å². The second-order valence-electron chi connectivity index (χ2n) is 11.6. The zero-order valence-electron chi connectivity index (χ0n) is 19.6. The molecule has 3 unspecified atom stereocenters. The zero-order valence-corrected chi connectivity index (χ0v) is 19.6. The molecule has 4 fully saturated rings. The van der Waals surface area contributed by atoms with Gasteiger partial charge in [0.1, 0.15) is 5.78 Å². The summed E-state index contributed by atoms with van der Waals surface area (Å²) in [5, 5.41) is 0. The molecular formula is C26H41BO3. The van der Waals surface area contributed by atoms with Crippen molar-refractivity contribution in [3.05, 3.63) is 0 Å². The normalized spacial score (nSPS) is 46.5. The van der Waals surface area contributed by atoms with E-state index in [0.29, 0.717) is 42.5 Å². The lowest BCUT2D eigenvalue weighted by Crippen LogP contribution is -2.55. The first-order valence-corrected chi connectivity index (χ1v) is 12.7. The first kappa shape index (κ1) is 22.4. The van der Waals surface area contributed by atoms with Gasteiger partial charge in [-0.2, -0.15) is 0 Å². The fourth-order valence-electron chi connectivity index (χ4n) is 8.98. The Bertz CT molecular complexity index is 677. The van der Waals surface area contributed by atoms with E-state index in [0.717, 1.165) is 42.9 Å². The smallest absolute Gasteiger partial charge is 0.305 e. The average Bonchev–Trinajstić information content (AvgIpc) is 3.07. The number of esters is 1. The SMILES string of the molecule is [B][C@@H]1C(=O)CC[C@]2(C)C3CC[C@@]4(C)C(CC[C@@H]4[C@H](C)CCC(=O)OCC)C3CC[C@H]12. The third kappa shape index (κ3) is 3.49. The molecule has 0 heterocycles. The molecule has 0 aromatic carbocycles. The van der Waals surface area contributed by atoms with Gasteiger partial charge in [-0.25, -0.2) is 0 Å². The van der Waals surface area contributed by atoms with Crippen LogP contribution in [0.1, 0.15) is 91.9 Å². The first-order valence-electron chi connectivity index (χ1n) is 12.7. The van der Waals surface area contributed by atoms with Crippen molar-refractivity contribution in [2.75, 3.05) is 6.61 Å². The monoisotopic (exact) mass is 412 g/mol. The Morgan fingerprint density at radius 1 is 1.07 bits per heavy atom. The molecule has 166 valence electrons. The average molecular weight is 412 g/mol. The highest BCUT2D eigenvalue weighted by atomic mass is 16.5. The van der Waals surface area contributed by atoms with Crippen LogP contribution in [0.5, 0.6) is 0 Å². The molecule has 0 bridgehead atoms. The fraction of sp³-hybridized carbons (Fsp3) is 0.923. The molecule has 9 atom stereocenters. The lowest BCUT2D eigenvalue weighted by molar-refractivity contribution is -0.144. The summed E-state index contributed by atoms with van der Waals surface area (Å²) in [6.45, 7) is 9.77. The molecule has 0 N–H and O–H groups in total. The van der Waals surface area contributed by atoms with Crippen LogP contribution in [-0.2, 0) is 14.3 Å². The van der Waals surface area contributed by atoms with Crippen molar-refractivity contribution in [1.82, 2.24) is 0 Å². The lowest BCUT2D eigenvalue weighted by atomic mass is 9.41. The molecule has 4 heteroatoms. The summed E-state index contributed by atoms with van der Waals surface area (Å²) < 4.78 is 5.16. The van der Waals surface area contributed by atoms with E-state index in [1.165, 1.54) is 32.1 Å². The number of Topliss-reactive ketones (excluding diaryl/α,β-unsaturated/α-hetero) is 1. The van der Waals surface area contributed by atoms with E-state index < -0.39 is 0 Å². The molecule has 3 nitrogen and oxygen atoms in total. The molecule has 0 aromatic rings. The van der Waals surface area contributed by atoms with Crippen molar-refractivity contribution in [3.63, 3.8) is 0 Å². The molecule has 30 heavy (non-hydrogen) atoms. The summed E-state index contributed by atoms with van der Waals surface area (Å²) in [5.74, 6) is 4.07. The molecule has 2 radical (unpaired) electrons. The topological polar surface area (TPSA) is 43.4 Å². The standard InChI is InChI=1S/C26H41BO3/c1-5-30-23(29)11-6-16(2)18-9-10-19-17-7-8-21-24(27)22(28)13-15-26(21,4)20(17)12-14-25(18,19)3/h16-21,24H,5-15H2,1-4H3/t16-,17?,18-,19?,20?,21-,24+,25-,26-/m1/s1. The number of hydrogen-bond donors (Lipinski definition) is 0. The van der Waals surface area contributed by atoms with E-state index in [9.17, 15) is 9.59 Å². The van der Waals surface area contributed by atoms with E-state index in [1.807, 2.05) is 6.92 Å². The highest BCUT2D eigenvalue weighted by Crippen LogP contribution is 2.69. The van der Waals surface area contributed by atoms with Crippen LogP contribution in [0, 0.1) is 46.3 Å². The summed E-state index contributed by atoms with van der Waals surface area (Å²) in [5.41, 5.74) is 0.663. The van der Waals surface area contributed by atoms with Gasteiger partial charge < -0.3 is 9.53 Å². The predicted octanol–water partition coefficient (Wildman–Crippen LogP) is 5.76. The second-order valence-corrected chi connectivity index (χ2v) is 11.6. The van der Waals surface area contributed by atoms with Crippen LogP contribution in [0.25, 0.3) is 0 Å². The van der Waals surface area contributed by atoms with Crippen LogP contribution < -0.4 is 0 Å². The summed E-state index contributed by atoms with van der Waals surface area (Å²) in [7, 11) is 6.43. The number of fused-ring (bicyclic) bond motifs is 5. The molecular weight excluding hydrogens is 371 g/mol. The highest BCUT2D eigenvalue weighted by molar-refractivity contribution is 6.24. The van der Waals surface area contributed by atoms with E-state index in [1.54, 1.807) is 0 Å². The van der Waals surface area contributed by atoms with Crippen molar-refractivity contribution in [2.24, 2.45) is 46.3 Å². The Kier molecular flexibility index (Phi) is 6.18. The van der Waals surface area contributed by atoms with Gasteiger partial charge in [-0.15, -0.1) is 0 Å². The number of carbonyl (C=O) groups is 2. The fourth-order valence-corrected chi connectivity index (χ4v) is 8.98. The summed E-state index contributed by atoms with van der Waals surface area (Å²) in [6, 6.07) is 0. The number of ether oxygens (including phenoxy) is 1. The van der Waals surface area contributed by atoms with Crippen molar-refractivity contribution in [1.29, 1.82) is 0 Å². The van der Waals surface area contributed by atoms with Crippen LogP contribution in [0.2, 0.25) is 5.82 Å². The maximum absolute atomic E-state index is 12.3. The predicted molar refractivity (Wildman–Crippen MR) is 120 cm³/mol. The van der Waals surface area contributed by atoms with Crippen LogP contribution in [-0.4, -0.2) is 26.2 Å². The molecule has 0 aromatic heterocycles. The van der Waals surface area contributed by atoms with E-state index in [-0.39, 0.29) is 17.2 Å². The number of ketones is 1. The van der Waals surface area contributed by atoms with E-state index in [4.69, 9.17) is 12.6 Å².